The van der Waals surface area contributed by atoms with Gasteiger partial charge in [0.2, 0.25) is 0 Å². The Morgan fingerprint density at radius 3 is 2.75 bits per heavy atom. The Balaban J connectivity index is 2.93. The highest BCUT2D eigenvalue weighted by molar-refractivity contribution is 7.32. The van der Waals surface area contributed by atoms with Gasteiger partial charge in [0.15, 0.2) is 0 Å². The fourth-order valence-electron chi connectivity index (χ4n) is 0.453. The van der Waals surface area contributed by atoms with E-state index in [1.807, 2.05) is 11.9 Å². The van der Waals surface area contributed by atoms with Crippen molar-refractivity contribution in [3.05, 3.63) is 23.2 Å². The van der Waals surface area contributed by atoms with Crippen molar-refractivity contribution in [1.82, 2.24) is 0 Å². The van der Waals surface area contributed by atoms with Gasteiger partial charge in [0, 0.05) is 0 Å². The lowest BCUT2D eigenvalue weighted by Gasteiger charge is -1.77. The van der Waals surface area contributed by atoms with Crippen molar-refractivity contribution >= 4 is 25.0 Å². The van der Waals surface area contributed by atoms with Gasteiger partial charge in [-0.3, -0.25) is 4.79 Å². The summed E-state index contributed by atoms with van der Waals surface area (Å²) in [6.07, 6.45) is 0. The van der Waals surface area contributed by atoms with Gasteiger partial charge < -0.3 is 0 Å². The molecule has 8 heavy (non-hydrogen) atoms. The molecule has 0 radical (unpaired) electrons. The Kier molecular flexibility index (Phi) is 1.72. The van der Waals surface area contributed by atoms with Gasteiger partial charge in [0.05, 0.1) is 5.30 Å². The van der Waals surface area contributed by atoms with Gasteiger partial charge >= 0.3 is 0 Å². The monoisotopic (exact) mass is 146 g/mol. The quantitative estimate of drug-likeness (QED) is 0.555. The van der Waals surface area contributed by atoms with Crippen LogP contribution in [0.25, 0.3) is 0 Å². The van der Waals surface area contributed by atoms with Crippen LogP contribution in [0.3, 0.4) is 0 Å². The van der Waals surface area contributed by atoms with E-state index in [2.05, 4.69) is 0 Å². The molecule has 0 saturated carbocycles. The molecule has 42 valence electrons. The van der Waals surface area contributed by atoms with Gasteiger partial charge in [-0.15, -0.1) is 8.19 Å². The van der Waals surface area contributed by atoms with Crippen LogP contribution >= 0.6 is 19.8 Å². The van der Waals surface area contributed by atoms with E-state index in [0.717, 1.165) is 0 Å². The molecule has 0 saturated heterocycles. The summed E-state index contributed by atoms with van der Waals surface area (Å²) in [6.45, 7) is 0. The van der Waals surface area contributed by atoms with Gasteiger partial charge in [0.25, 0.3) is 5.24 Å². The van der Waals surface area contributed by atoms with E-state index >= 15 is 0 Å². The van der Waals surface area contributed by atoms with Crippen LogP contribution in [-0.4, -0.2) is 5.24 Å². The summed E-state index contributed by atoms with van der Waals surface area (Å²) in [5.41, 5.74) is 0. The van der Waals surface area contributed by atoms with Crippen LogP contribution in [0.4, 0.5) is 0 Å². The second-order valence-electron chi connectivity index (χ2n) is 1.36. The fourth-order valence-corrected chi connectivity index (χ4v) is 1.36. The topological polar surface area (TPSA) is 17.1 Å². The first-order valence-electron chi connectivity index (χ1n) is 2.14. The van der Waals surface area contributed by atoms with E-state index in [1.165, 1.54) is 0 Å². The molecule has 0 N–H and O–H groups in total. The lowest BCUT2D eigenvalue weighted by Crippen LogP contribution is -1.77. The molecule has 0 aliphatic heterocycles. The third-order valence-electron chi connectivity index (χ3n) is 0.810. The third kappa shape index (κ3) is 1.12. The van der Waals surface area contributed by atoms with Crippen molar-refractivity contribution in [1.29, 1.82) is 0 Å². The molecule has 1 aromatic rings. The van der Waals surface area contributed by atoms with E-state index in [9.17, 15) is 4.79 Å². The molecule has 0 aliphatic carbocycles. The Labute approximate surface area is 53.7 Å². The number of hydrogen-bond acceptors (Lipinski definition) is 1. The number of hydrogen-bond donors (Lipinski definition) is 0. The molecular weight excluding hydrogens is 142 g/mol. The van der Waals surface area contributed by atoms with Crippen molar-refractivity contribution in [2.24, 2.45) is 0 Å². The number of carbonyl (C=O) groups is 1. The first-order valence-corrected chi connectivity index (χ1v) is 3.59. The van der Waals surface area contributed by atoms with Crippen LogP contribution in [0.1, 0.15) is 10.1 Å². The molecule has 1 nitrogen and oxygen atoms in total. The van der Waals surface area contributed by atoms with Gasteiger partial charge in [-0.05, 0) is 23.5 Å². The maximum atomic E-state index is 10.3. The summed E-state index contributed by atoms with van der Waals surface area (Å²) < 4.78 is 0. The summed E-state index contributed by atoms with van der Waals surface area (Å²) in [5, 5.41) is 0.389. The summed E-state index contributed by atoms with van der Waals surface area (Å²) >= 11 is 5.14. The molecule has 1 heterocycles. The molecule has 0 aromatic carbocycles. The third-order valence-corrected chi connectivity index (χ3v) is 2.24. The van der Waals surface area contributed by atoms with Crippen LogP contribution in [-0.2, 0) is 0 Å². The minimum Gasteiger partial charge on any atom is -0.275 e. The van der Waals surface area contributed by atoms with E-state index in [-0.39, 0.29) is 5.24 Å². The minimum atomic E-state index is -0.326. The van der Waals surface area contributed by atoms with Crippen molar-refractivity contribution in [3.63, 3.8) is 0 Å². The maximum Gasteiger partial charge on any atom is 0.256 e. The molecule has 1 rings (SSSR count). The second kappa shape index (κ2) is 2.34. The molecule has 0 amide bonds. The molecule has 0 aliphatic rings. The molecular formula is C5H4ClOP. The Morgan fingerprint density at radius 2 is 2.50 bits per heavy atom. The highest BCUT2D eigenvalue weighted by atomic mass is 35.5. The van der Waals surface area contributed by atoms with Gasteiger partial charge in [-0.25, -0.2) is 0 Å². The van der Waals surface area contributed by atoms with Crippen molar-refractivity contribution in [2.75, 3.05) is 0 Å². The van der Waals surface area contributed by atoms with Crippen LogP contribution < -0.4 is 0 Å². The lowest BCUT2D eigenvalue weighted by molar-refractivity contribution is 0.108. The number of carbonyl (C=O) groups excluding carboxylic acids is 1. The smallest absolute Gasteiger partial charge is 0.256 e. The Bertz CT molecular complexity index is 180. The Hall–Kier alpha value is -0.260. The maximum absolute atomic E-state index is 10.3. The SMILES string of the molecule is O=C(Cl)c1ccc[pH]1. The molecule has 1 atom stereocenters. The predicted octanol–water partition coefficient (Wildman–Crippen LogP) is 2.10. The second-order valence-corrected chi connectivity index (χ2v) is 2.86. The first kappa shape index (κ1) is 5.87. The average Bonchev–Trinajstić information content (AvgIpc) is 2.12. The zero-order valence-electron chi connectivity index (χ0n) is 4.02. The highest BCUT2D eigenvalue weighted by Gasteiger charge is 1.97. The zero-order valence-corrected chi connectivity index (χ0v) is 5.77. The highest BCUT2D eigenvalue weighted by Crippen LogP contribution is 2.16. The number of rotatable bonds is 1. The van der Waals surface area contributed by atoms with Crippen LogP contribution in [0.2, 0.25) is 0 Å². The van der Waals surface area contributed by atoms with Crippen LogP contribution in [0.5, 0.6) is 0 Å². The average molecular weight is 147 g/mol. The predicted molar refractivity (Wildman–Crippen MR) is 36.1 cm³/mol. The summed E-state index contributed by atoms with van der Waals surface area (Å²) in [6, 6.07) is 3.59. The lowest BCUT2D eigenvalue weighted by atomic mass is 10.5. The van der Waals surface area contributed by atoms with E-state index in [4.69, 9.17) is 11.6 Å². The molecule has 1 aromatic heterocycles. The van der Waals surface area contributed by atoms with Crippen LogP contribution in [0, 0.1) is 0 Å². The van der Waals surface area contributed by atoms with Crippen LogP contribution in [0.15, 0.2) is 17.9 Å². The molecule has 0 spiro atoms. The molecule has 0 fully saturated rings. The summed E-state index contributed by atoms with van der Waals surface area (Å²) in [4.78, 5) is 10.3. The van der Waals surface area contributed by atoms with E-state index in [1.54, 1.807) is 6.07 Å². The zero-order chi connectivity index (χ0) is 5.98. The summed E-state index contributed by atoms with van der Waals surface area (Å²) in [5.74, 6) is 1.93. The van der Waals surface area contributed by atoms with Crippen molar-refractivity contribution in [2.45, 2.75) is 0 Å². The van der Waals surface area contributed by atoms with Crippen molar-refractivity contribution < 1.29 is 4.79 Å². The summed E-state index contributed by atoms with van der Waals surface area (Å²) in [7, 11) is 0.479. The first-order chi connectivity index (χ1) is 3.80. The minimum absolute atomic E-state index is 0.326. The normalized spacial score (nSPS) is 10.1. The largest absolute Gasteiger partial charge is 0.275 e. The van der Waals surface area contributed by atoms with Gasteiger partial charge in [-0.2, -0.15) is 0 Å². The fraction of sp³-hybridized carbons (Fsp3) is 0. The van der Waals surface area contributed by atoms with Gasteiger partial charge in [-0.1, -0.05) is 6.07 Å². The van der Waals surface area contributed by atoms with Crippen molar-refractivity contribution in [3.8, 4) is 0 Å². The number of halogens is 1. The Morgan fingerprint density at radius 1 is 1.75 bits per heavy atom. The van der Waals surface area contributed by atoms with E-state index < -0.39 is 0 Å². The van der Waals surface area contributed by atoms with E-state index in [0.29, 0.717) is 13.5 Å². The van der Waals surface area contributed by atoms with Gasteiger partial charge in [0.1, 0.15) is 0 Å². The molecule has 1 unspecified atom stereocenters. The molecule has 3 heteroatoms. The molecule has 0 bridgehead atoms. The standard InChI is InChI=1S/C5H4ClOP/c6-5(7)4-2-1-3-8-4/h1-3,8H.